The molecule has 3 aromatic rings. The van der Waals surface area contributed by atoms with Crippen LogP contribution in [0.2, 0.25) is 0 Å². The van der Waals surface area contributed by atoms with Crippen molar-refractivity contribution in [3.8, 4) is 5.75 Å². The Hall–Kier alpha value is -3.69. The number of carbonyl (C=O) groups excluding carboxylic acids is 2. The molecule has 3 N–H and O–H groups in total. The lowest BCUT2D eigenvalue weighted by atomic mass is 10.2. The zero-order chi connectivity index (χ0) is 22.1. The van der Waals surface area contributed by atoms with Crippen LogP contribution in [0.25, 0.3) is 0 Å². The van der Waals surface area contributed by atoms with Gasteiger partial charge in [0.1, 0.15) is 12.4 Å². The number of hydrogen-bond acceptors (Lipinski definition) is 6. The molecule has 1 aromatic heterocycles. The maximum Gasteiger partial charge on any atom is 0.291 e. The van der Waals surface area contributed by atoms with Crippen LogP contribution in [0, 0.1) is 0 Å². The summed E-state index contributed by atoms with van der Waals surface area (Å²) in [5, 5.41) is 8.38. The first-order valence-corrected chi connectivity index (χ1v) is 9.75. The van der Waals surface area contributed by atoms with Crippen LogP contribution in [-0.2, 0) is 4.74 Å². The number of thiocarbonyl (C=S) groups is 1. The minimum absolute atomic E-state index is 0.103. The van der Waals surface area contributed by atoms with Gasteiger partial charge in [-0.1, -0.05) is 18.2 Å². The first-order chi connectivity index (χ1) is 15.1. The smallest absolute Gasteiger partial charge is 0.291 e. The number of para-hydroxylation sites is 1. The molecule has 31 heavy (non-hydrogen) atoms. The third-order valence-electron chi connectivity index (χ3n) is 4.03. The fourth-order valence-corrected chi connectivity index (χ4v) is 2.83. The summed E-state index contributed by atoms with van der Waals surface area (Å²) in [5.74, 6) is -0.147. The van der Waals surface area contributed by atoms with Crippen molar-refractivity contribution in [1.82, 2.24) is 5.32 Å². The third kappa shape index (κ3) is 6.39. The number of furan rings is 1. The Morgan fingerprint density at radius 1 is 0.935 bits per heavy atom. The van der Waals surface area contributed by atoms with Gasteiger partial charge in [0.05, 0.1) is 18.4 Å². The highest BCUT2D eigenvalue weighted by atomic mass is 32.1. The number of amides is 2. The number of anilines is 2. The number of carbonyl (C=O) groups is 2. The lowest BCUT2D eigenvalue weighted by Crippen LogP contribution is -2.34. The van der Waals surface area contributed by atoms with Crippen LogP contribution in [0.5, 0.6) is 5.75 Å². The topological polar surface area (TPSA) is 102 Å². The predicted octanol–water partition coefficient (Wildman–Crippen LogP) is 3.68. The Balaban J connectivity index is 1.60. The zero-order valence-corrected chi connectivity index (χ0v) is 17.5. The molecule has 2 amide bonds. The summed E-state index contributed by atoms with van der Waals surface area (Å²) in [4.78, 5) is 24.7. The molecule has 0 saturated heterocycles. The number of ether oxygens (including phenoxy) is 2. The highest BCUT2D eigenvalue weighted by Gasteiger charge is 2.14. The van der Waals surface area contributed by atoms with Crippen molar-refractivity contribution in [1.29, 1.82) is 0 Å². The molecule has 8 nitrogen and oxygen atoms in total. The number of rotatable bonds is 8. The van der Waals surface area contributed by atoms with E-state index in [1.54, 1.807) is 67.8 Å². The van der Waals surface area contributed by atoms with Crippen molar-refractivity contribution >= 4 is 40.5 Å². The summed E-state index contributed by atoms with van der Waals surface area (Å²) in [6.45, 7) is 0.725. The molecule has 3 rings (SSSR count). The van der Waals surface area contributed by atoms with Gasteiger partial charge in [0.2, 0.25) is 0 Å². The van der Waals surface area contributed by atoms with Crippen molar-refractivity contribution in [3.63, 3.8) is 0 Å². The van der Waals surface area contributed by atoms with E-state index in [1.165, 1.54) is 6.26 Å². The Labute approximate surface area is 184 Å². The molecule has 0 aliphatic carbocycles. The summed E-state index contributed by atoms with van der Waals surface area (Å²) in [5.41, 5.74) is 1.48. The minimum atomic E-state index is -0.409. The van der Waals surface area contributed by atoms with Gasteiger partial charge in [0, 0.05) is 18.5 Å². The van der Waals surface area contributed by atoms with E-state index in [0.29, 0.717) is 35.9 Å². The second kappa shape index (κ2) is 10.9. The Kier molecular flexibility index (Phi) is 7.74. The molecule has 0 atom stereocenters. The summed E-state index contributed by atoms with van der Waals surface area (Å²) in [6.07, 6.45) is 1.43. The molecule has 0 unspecified atom stereocenters. The minimum Gasteiger partial charge on any atom is -0.490 e. The van der Waals surface area contributed by atoms with Crippen LogP contribution in [0.15, 0.2) is 71.3 Å². The quantitative estimate of drug-likeness (QED) is 0.363. The van der Waals surface area contributed by atoms with Gasteiger partial charge in [0.25, 0.3) is 11.8 Å². The van der Waals surface area contributed by atoms with Crippen LogP contribution < -0.4 is 20.7 Å². The lowest BCUT2D eigenvalue weighted by Gasteiger charge is -2.13. The number of hydrogen-bond donors (Lipinski definition) is 3. The van der Waals surface area contributed by atoms with Crippen molar-refractivity contribution < 1.29 is 23.5 Å². The van der Waals surface area contributed by atoms with Gasteiger partial charge in [-0.15, -0.1) is 0 Å². The highest BCUT2D eigenvalue weighted by molar-refractivity contribution is 7.80. The second-order valence-electron chi connectivity index (χ2n) is 6.26. The monoisotopic (exact) mass is 439 g/mol. The molecule has 2 aromatic carbocycles. The first kappa shape index (κ1) is 22.0. The Morgan fingerprint density at radius 3 is 2.45 bits per heavy atom. The number of nitrogens with one attached hydrogen (secondary N) is 3. The van der Waals surface area contributed by atoms with Gasteiger partial charge in [0.15, 0.2) is 10.9 Å². The van der Waals surface area contributed by atoms with E-state index in [0.717, 1.165) is 0 Å². The van der Waals surface area contributed by atoms with Crippen molar-refractivity contribution in [2.45, 2.75) is 0 Å². The van der Waals surface area contributed by atoms with Gasteiger partial charge in [-0.25, -0.2) is 0 Å². The summed E-state index contributed by atoms with van der Waals surface area (Å²) >= 11 is 5.25. The van der Waals surface area contributed by atoms with Crippen molar-refractivity contribution in [3.05, 3.63) is 78.3 Å². The van der Waals surface area contributed by atoms with Crippen molar-refractivity contribution in [2.24, 2.45) is 0 Å². The average Bonchev–Trinajstić information content (AvgIpc) is 3.29. The van der Waals surface area contributed by atoms with E-state index < -0.39 is 5.91 Å². The van der Waals surface area contributed by atoms with Crippen LogP contribution in [0.3, 0.4) is 0 Å². The van der Waals surface area contributed by atoms with Crippen LogP contribution in [0.1, 0.15) is 20.9 Å². The third-order valence-corrected chi connectivity index (χ3v) is 4.23. The van der Waals surface area contributed by atoms with E-state index in [-0.39, 0.29) is 16.8 Å². The predicted molar refractivity (Wildman–Crippen MR) is 121 cm³/mol. The molecule has 1 heterocycles. The fourth-order valence-electron chi connectivity index (χ4n) is 2.62. The largest absolute Gasteiger partial charge is 0.490 e. The van der Waals surface area contributed by atoms with E-state index in [2.05, 4.69) is 16.0 Å². The molecule has 0 fully saturated rings. The van der Waals surface area contributed by atoms with E-state index in [1.807, 2.05) is 0 Å². The van der Waals surface area contributed by atoms with E-state index in [4.69, 9.17) is 26.1 Å². The zero-order valence-electron chi connectivity index (χ0n) is 16.7. The number of benzene rings is 2. The van der Waals surface area contributed by atoms with Gasteiger partial charge in [-0.05, 0) is 54.7 Å². The Morgan fingerprint density at radius 2 is 1.71 bits per heavy atom. The molecule has 0 spiro atoms. The maximum absolute atomic E-state index is 12.6. The fraction of sp³-hybridized carbons (Fsp3) is 0.136. The normalized spacial score (nSPS) is 10.2. The standard InChI is InChI=1S/C22H21N3O5S/c1-28-12-13-30-18-9-3-2-8-17(18)20(26)25-22(31)24-16-7-4-6-15(14-16)23-21(27)19-10-5-11-29-19/h2-11,14H,12-13H2,1H3,(H,23,27)(H2,24,25,26,31). The number of methoxy groups -OCH3 is 1. The summed E-state index contributed by atoms with van der Waals surface area (Å²) < 4.78 is 15.6. The molecular formula is C22H21N3O5S. The second-order valence-corrected chi connectivity index (χ2v) is 6.67. The van der Waals surface area contributed by atoms with Crippen LogP contribution in [-0.4, -0.2) is 37.3 Å². The van der Waals surface area contributed by atoms with Crippen LogP contribution >= 0.6 is 12.2 Å². The first-order valence-electron chi connectivity index (χ1n) is 9.35. The summed E-state index contributed by atoms with van der Waals surface area (Å²) in [6, 6.07) is 17.0. The highest BCUT2D eigenvalue weighted by Crippen LogP contribution is 2.19. The van der Waals surface area contributed by atoms with Crippen LogP contribution in [0.4, 0.5) is 11.4 Å². The van der Waals surface area contributed by atoms with Gasteiger partial charge < -0.3 is 24.5 Å². The van der Waals surface area contributed by atoms with Gasteiger partial charge in [-0.3, -0.25) is 14.9 Å². The van der Waals surface area contributed by atoms with Gasteiger partial charge >= 0.3 is 0 Å². The molecule has 160 valence electrons. The van der Waals surface area contributed by atoms with E-state index in [9.17, 15) is 9.59 Å². The molecule has 9 heteroatoms. The molecule has 0 radical (unpaired) electrons. The lowest BCUT2D eigenvalue weighted by molar-refractivity contribution is 0.0967. The van der Waals surface area contributed by atoms with E-state index >= 15 is 0 Å². The molecule has 0 bridgehead atoms. The molecular weight excluding hydrogens is 418 g/mol. The Bertz CT molecular complexity index is 1050. The SMILES string of the molecule is COCCOc1ccccc1C(=O)NC(=S)Nc1cccc(NC(=O)c2ccco2)c1. The average molecular weight is 439 g/mol. The molecule has 0 saturated carbocycles. The maximum atomic E-state index is 12.6. The van der Waals surface area contributed by atoms with Gasteiger partial charge in [-0.2, -0.15) is 0 Å². The molecule has 0 aliphatic rings. The summed E-state index contributed by atoms with van der Waals surface area (Å²) in [7, 11) is 1.57. The van der Waals surface area contributed by atoms with Crippen molar-refractivity contribution in [2.75, 3.05) is 31.0 Å². The molecule has 0 aliphatic heterocycles.